The molecule has 0 atom stereocenters. The normalized spacial score (nSPS) is 11.5. The van der Waals surface area contributed by atoms with E-state index in [0.29, 0.717) is 0 Å². The van der Waals surface area contributed by atoms with Crippen LogP contribution in [0.25, 0.3) is 0 Å². The Morgan fingerprint density at radius 1 is 1.00 bits per heavy atom. The van der Waals surface area contributed by atoms with Gasteiger partial charge in [0.05, 0.1) is 11.1 Å². The second-order valence-corrected chi connectivity index (χ2v) is 6.31. The van der Waals surface area contributed by atoms with Crippen LogP contribution < -0.4 is 9.73 Å². The quantitative estimate of drug-likeness (QED) is 0.679. The summed E-state index contributed by atoms with van der Waals surface area (Å²) >= 11 is 0. The fourth-order valence-electron chi connectivity index (χ4n) is 1.68. The lowest BCUT2D eigenvalue weighted by atomic mass is 10.2. The number of sulfonamides is 1. The van der Waals surface area contributed by atoms with E-state index >= 15 is 0 Å². The lowest BCUT2D eigenvalue weighted by Crippen LogP contribution is -2.18. The van der Waals surface area contributed by atoms with Gasteiger partial charge in [0.1, 0.15) is 0 Å². The largest absolute Gasteiger partial charge is 0.378 e. The van der Waals surface area contributed by atoms with Crippen LogP contribution in [0.2, 0.25) is 0 Å². The van der Waals surface area contributed by atoms with Crippen LogP contribution in [0.4, 0.5) is 5.69 Å². The zero-order valence-corrected chi connectivity index (χ0v) is 12.7. The van der Waals surface area contributed by atoms with Crippen molar-refractivity contribution in [1.82, 2.24) is 4.83 Å². The molecule has 0 aliphatic rings. The molecule has 0 spiro atoms. The molecule has 2 aromatic carbocycles. The molecule has 0 fully saturated rings. The molecule has 0 bridgehead atoms. The maximum absolute atomic E-state index is 11.9. The Bertz CT molecular complexity index is 708. The maximum atomic E-state index is 11.9. The van der Waals surface area contributed by atoms with Crippen LogP contribution in [-0.2, 0) is 10.0 Å². The molecule has 21 heavy (non-hydrogen) atoms. The van der Waals surface area contributed by atoms with Crippen molar-refractivity contribution in [3.63, 3.8) is 0 Å². The van der Waals surface area contributed by atoms with Gasteiger partial charge in [-0.15, -0.1) is 0 Å². The first-order valence-corrected chi connectivity index (χ1v) is 7.85. The van der Waals surface area contributed by atoms with Crippen molar-refractivity contribution in [2.75, 3.05) is 19.0 Å². The summed E-state index contributed by atoms with van der Waals surface area (Å²) in [6.07, 6.45) is 1.47. The van der Waals surface area contributed by atoms with Crippen LogP contribution in [0.15, 0.2) is 64.6 Å². The summed E-state index contributed by atoms with van der Waals surface area (Å²) in [7, 11) is 0.303. The minimum Gasteiger partial charge on any atom is -0.378 e. The minimum absolute atomic E-state index is 0.185. The summed E-state index contributed by atoms with van der Waals surface area (Å²) in [5.74, 6) is 0. The number of nitrogens with one attached hydrogen (secondary N) is 1. The van der Waals surface area contributed by atoms with Crippen LogP contribution in [0.1, 0.15) is 5.56 Å². The lowest BCUT2D eigenvalue weighted by Gasteiger charge is -2.11. The Balaban J connectivity index is 2.05. The predicted molar refractivity (Wildman–Crippen MR) is 85.1 cm³/mol. The zero-order valence-electron chi connectivity index (χ0n) is 11.9. The number of anilines is 1. The summed E-state index contributed by atoms with van der Waals surface area (Å²) in [4.78, 5) is 4.36. The lowest BCUT2D eigenvalue weighted by molar-refractivity contribution is 0.584. The molecular weight excluding hydrogens is 286 g/mol. The maximum Gasteiger partial charge on any atom is 0.276 e. The van der Waals surface area contributed by atoms with Crippen molar-refractivity contribution in [3.8, 4) is 0 Å². The molecule has 2 aromatic rings. The minimum atomic E-state index is -3.61. The monoisotopic (exact) mass is 303 g/mol. The molecule has 2 rings (SSSR count). The van der Waals surface area contributed by atoms with Gasteiger partial charge in [-0.3, -0.25) is 0 Å². The SMILES string of the molecule is CN(C)c1ccc(C=NNS(=O)(=O)c2ccccc2)cc1. The van der Waals surface area contributed by atoms with E-state index in [1.165, 1.54) is 18.3 Å². The summed E-state index contributed by atoms with van der Waals surface area (Å²) in [6, 6.07) is 15.7. The van der Waals surface area contributed by atoms with Crippen molar-refractivity contribution in [3.05, 3.63) is 60.2 Å². The van der Waals surface area contributed by atoms with E-state index in [4.69, 9.17) is 0 Å². The molecule has 0 saturated heterocycles. The number of hydrogen-bond acceptors (Lipinski definition) is 4. The van der Waals surface area contributed by atoms with Crippen molar-refractivity contribution < 1.29 is 8.42 Å². The smallest absolute Gasteiger partial charge is 0.276 e. The molecule has 0 aliphatic heterocycles. The van der Waals surface area contributed by atoms with Gasteiger partial charge in [0.25, 0.3) is 10.0 Å². The Kier molecular flexibility index (Phi) is 4.59. The second-order valence-electron chi connectivity index (χ2n) is 4.65. The molecule has 110 valence electrons. The van der Waals surface area contributed by atoms with Gasteiger partial charge in [0.2, 0.25) is 0 Å². The third kappa shape index (κ3) is 4.06. The fraction of sp³-hybridized carbons (Fsp3) is 0.133. The first-order chi connectivity index (χ1) is 9.99. The second kappa shape index (κ2) is 6.41. The summed E-state index contributed by atoms with van der Waals surface area (Å²) in [5.41, 5.74) is 1.88. The fourth-order valence-corrected chi connectivity index (χ4v) is 2.49. The van der Waals surface area contributed by atoms with E-state index in [0.717, 1.165) is 11.3 Å². The molecule has 0 unspecified atom stereocenters. The highest BCUT2D eigenvalue weighted by molar-refractivity contribution is 7.89. The summed E-state index contributed by atoms with van der Waals surface area (Å²) in [5, 5.41) is 3.79. The van der Waals surface area contributed by atoms with E-state index < -0.39 is 10.0 Å². The van der Waals surface area contributed by atoms with E-state index in [2.05, 4.69) is 9.93 Å². The highest BCUT2D eigenvalue weighted by Crippen LogP contribution is 2.11. The molecule has 0 amide bonds. The van der Waals surface area contributed by atoms with E-state index in [1.807, 2.05) is 43.3 Å². The van der Waals surface area contributed by atoms with Gasteiger partial charge < -0.3 is 4.90 Å². The summed E-state index contributed by atoms with van der Waals surface area (Å²) < 4.78 is 23.9. The van der Waals surface area contributed by atoms with Gasteiger partial charge in [-0.05, 0) is 29.8 Å². The highest BCUT2D eigenvalue weighted by Gasteiger charge is 2.10. The number of rotatable bonds is 5. The number of nitrogens with zero attached hydrogens (tertiary/aromatic N) is 2. The average Bonchev–Trinajstić information content (AvgIpc) is 2.48. The van der Waals surface area contributed by atoms with Gasteiger partial charge in [-0.2, -0.15) is 13.5 Å². The Labute approximate surface area is 125 Å². The Morgan fingerprint density at radius 2 is 1.62 bits per heavy atom. The molecule has 0 radical (unpaired) electrons. The molecule has 0 aliphatic carbocycles. The standard InChI is InChI=1S/C15H17N3O2S/c1-18(2)14-10-8-13(9-11-14)12-16-17-21(19,20)15-6-4-3-5-7-15/h3-12,17H,1-2H3. The van der Waals surface area contributed by atoms with Gasteiger partial charge in [-0.25, -0.2) is 4.83 Å². The first kappa shape index (κ1) is 15.1. The van der Waals surface area contributed by atoms with Crippen LogP contribution in [-0.4, -0.2) is 28.7 Å². The number of hydrogen-bond donors (Lipinski definition) is 1. The van der Waals surface area contributed by atoms with Gasteiger partial charge in [0.15, 0.2) is 0 Å². The van der Waals surface area contributed by atoms with Gasteiger partial charge >= 0.3 is 0 Å². The van der Waals surface area contributed by atoms with Crippen molar-refractivity contribution in [2.24, 2.45) is 5.10 Å². The molecule has 1 N–H and O–H groups in total. The average molecular weight is 303 g/mol. The predicted octanol–water partition coefficient (Wildman–Crippen LogP) is 2.07. The number of hydrazone groups is 1. The first-order valence-electron chi connectivity index (χ1n) is 6.36. The zero-order chi connectivity index (χ0) is 15.3. The number of benzene rings is 2. The third-order valence-corrected chi connectivity index (χ3v) is 4.09. The molecule has 6 heteroatoms. The Hall–Kier alpha value is -2.34. The van der Waals surface area contributed by atoms with E-state index in [-0.39, 0.29) is 4.90 Å². The van der Waals surface area contributed by atoms with Gasteiger partial charge in [0, 0.05) is 19.8 Å². The van der Waals surface area contributed by atoms with Crippen molar-refractivity contribution in [1.29, 1.82) is 0 Å². The molecular formula is C15H17N3O2S. The topological polar surface area (TPSA) is 61.8 Å². The highest BCUT2D eigenvalue weighted by atomic mass is 32.2. The van der Waals surface area contributed by atoms with Crippen molar-refractivity contribution in [2.45, 2.75) is 4.90 Å². The summed E-state index contributed by atoms with van der Waals surface area (Å²) in [6.45, 7) is 0. The van der Waals surface area contributed by atoms with E-state index in [9.17, 15) is 8.42 Å². The van der Waals surface area contributed by atoms with Crippen molar-refractivity contribution >= 4 is 21.9 Å². The Morgan fingerprint density at radius 3 is 2.19 bits per heavy atom. The van der Waals surface area contributed by atoms with Crippen LogP contribution >= 0.6 is 0 Å². The van der Waals surface area contributed by atoms with E-state index in [1.54, 1.807) is 18.2 Å². The van der Waals surface area contributed by atoms with Crippen LogP contribution in [0.3, 0.4) is 0 Å². The molecule has 0 saturated carbocycles. The molecule has 5 nitrogen and oxygen atoms in total. The molecule has 0 aromatic heterocycles. The van der Waals surface area contributed by atoms with Gasteiger partial charge in [-0.1, -0.05) is 30.3 Å². The van der Waals surface area contributed by atoms with Crippen LogP contribution in [0.5, 0.6) is 0 Å². The van der Waals surface area contributed by atoms with Crippen LogP contribution in [0, 0.1) is 0 Å². The third-order valence-electron chi connectivity index (χ3n) is 2.85. The molecule has 0 heterocycles.